The summed E-state index contributed by atoms with van der Waals surface area (Å²) in [5.41, 5.74) is 2.53. The van der Waals surface area contributed by atoms with Crippen LogP contribution >= 0.6 is 16.1 Å². The summed E-state index contributed by atoms with van der Waals surface area (Å²) < 4.78 is 1.70. The van der Waals surface area contributed by atoms with E-state index in [1.165, 1.54) is 11.3 Å². The van der Waals surface area contributed by atoms with Gasteiger partial charge in [0.25, 0.3) is 0 Å². The van der Waals surface area contributed by atoms with E-state index in [4.69, 9.17) is 0 Å². The molecule has 0 bridgehead atoms. The maximum Gasteiger partial charge on any atom is 0.0805 e. The molecule has 0 amide bonds. The van der Waals surface area contributed by atoms with E-state index in [1.807, 2.05) is 6.20 Å². The van der Waals surface area contributed by atoms with Gasteiger partial charge in [0.1, 0.15) is 0 Å². The summed E-state index contributed by atoms with van der Waals surface area (Å²) in [5, 5.41) is 7.48. The van der Waals surface area contributed by atoms with E-state index in [-0.39, 0.29) is 0 Å². The lowest BCUT2D eigenvalue weighted by Crippen LogP contribution is -2.22. The van der Waals surface area contributed by atoms with Gasteiger partial charge < -0.3 is 5.32 Å². The molecule has 0 saturated carbocycles. The molecule has 1 aromatic heterocycles. The van der Waals surface area contributed by atoms with Crippen LogP contribution in [0.4, 0.5) is 0 Å². The smallest absolute Gasteiger partial charge is 0.0805 e. The molecule has 3 nitrogen and oxygen atoms in total. The summed E-state index contributed by atoms with van der Waals surface area (Å²) in [7, 11) is 0. The van der Waals surface area contributed by atoms with E-state index in [2.05, 4.69) is 26.6 Å². The molecule has 0 spiro atoms. The lowest BCUT2D eigenvalue weighted by Gasteiger charge is -2.09. The fourth-order valence-electron chi connectivity index (χ4n) is 1.20. The van der Waals surface area contributed by atoms with Crippen LogP contribution < -0.4 is 5.32 Å². The van der Waals surface area contributed by atoms with Gasteiger partial charge in [-0.2, -0.15) is 5.10 Å². The molecular formula is C6H8BrN3. The van der Waals surface area contributed by atoms with Crippen LogP contribution in [0.3, 0.4) is 0 Å². The van der Waals surface area contributed by atoms with Crippen LogP contribution in [-0.4, -0.2) is 15.4 Å². The molecule has 1 aromatic rings. The van der Waals surface area contributed by atoms with Crippen LogP contribution in [0.1, 0.15) is 11.3 Å². The Bertz CT molecular complexity index is 220. The van der Waals surface area contributed by atoms with Gasteiger partial charge in [-0.3, -0.25) is 0 Å². The SMILES string of the molecule is Brn1cc2c(n1)CNCC2. The van der Waals surface area contributed by atoms with Crippen molar-refractivity contribution in [3.05, 3.63) is 17.5 Å². The summed E-state index contributed by atoms with van der Waals surface area (Å²) in [6, 6.07) is 0. The van der Waals surface area contributed by atoms with E-state index in [0.29, 0.717) is 0 Å². The van der Waals surface area contributed by atoms with E-state index >= 15 is 0 Å². The van der Waals surface area contributed by atoms with Crippen molar-refractivity contribution >= 4 is 16.1 Å². The molecule has 2 rings (SSSR count). The number of nitrogens with zero attached hydrogens (tertiary/aromatic N) is 2. The number of halogens is 1. The Labute approximate surface area is 67.8 Å². The Hall–Kier alpha value is -0.350. The standard InChI is InChI=1S/C6H8BrN3/c7-10-4-5-1-2-8-3-6(5)9-10/h4,8H,1-3H2. The molecule has 0 saturated heterocycles. The second-order valence-corrected chi connectivity index (χ2v) is 3.14. The fraction of sp³-hybridized carbons (Fsp3) is 0.500. The lowest BCUT2D eigenvalue weighted by atomic mass is 10.1. The maximum atomic E-state index is 4.22. The summed E-state index contributed by atoms with van der Waals surface area (Å²) in [6.07, 6.45) is 3.12. The van der Waals surface area contributed by atoms with Crippen LogP contribution in [0, 0.1) is 0 Å². The number of fused-ring (bicyclic) bond motifs is 1. The van der Waals surface area contributed by atoms with Crippen molar-refractivity contribution in [2.24, 2.45) is 0 Å². The van der Waals surface area contributed by atoms with Crippen LogP contribution in [0.5, 0.6) is 0 Å². The highest BCUT2D eigenvalue weighted by Gasteiger charge is 2.11. The minimum absolute atomic E-state index is 0.911. The first-order chi connectivity index (χ1) is 4.86. The molecule has 0 aliphatic carbocycles. The highest BCUT2D eigenvalue weighted by molar-refractivity contribution is 9.08. The van der Waals surface area contributed by atoms with Gasteiger partial charge >= 0.3 is 0 Å². The monoisotopic (exact) mass is 201 g/mol. The van der Waals surface area contributed by atoms with Crippen LogP contribution in [0.25, 0.3) is 0 Å². The average molecular weight is 202 g/mol. The van der Waals surface area contributed by atoms with Crippen molar-refractivity contribution in [3.8, 4) is 0 Å². The first kappa shape index (κ1) is 6.37. The zero-order valence-corrected chi connectivity index (χ0v) is 7.06. The molecule has 0 fully saturated rings. The first-order valence-electron chi connectivity index (χ1n) is 3.30. The molecule has 4 heteroatoms. The summed E-state index contributed by atoms with van der Waals surface area (Å²) in [4.78, 5) is 0. The van der Waals surface area contributed by atoms with Crippen molar-refractivity contribution in [2.45, 2.75) is 13.0 Å². The number of hydrogen-bond acceptors (Lipinski definition) is 2. The van der Waals surface area contributed by atoms with Gasteiger partial charge in [-0.25, -0.2) is 3.71 Å². The number of rotatable bonds is 0. The Balaban J connectivity index is 2.41. The molecule has 54 valence electrons. The molecule has 2 heterocycles. The zero-order chi connectivity index (χ0) is 6.97. The van der Waals surface area contributed by atoms with E-state index in [1.54, 1.807) is 3.71 Å². The second-order valence-electron chi connectivity index (χ2n) is 2.42. The molecule has 1 N–H and O–H groups in total. The molecule has 0 unspecified atom stereocenters. The molecule has 0 radical (unpaired) electrons. The predicted molar refractivity (Wildman–Crippen MR) is 42.0 cm³/mol. The third-order valence-corrected chi connectivity index (χ3v) is 2.08. The van der Waals surface area contributed by atoms with E-state index in [0.717, 1.165) is 19.5 Å². The highest BCUT2D eigenvalue weighted by atomic mass is 79.9. The van der Waals surface area contributed by atoms with Gasteiger partial charge in [-0.1, -0.05) is 0 Å². The Morgan fingerprint density at radius 1 is 1.70 bits per heavy atom. The van der Waals surface area contributed by atoms with Gasteiger partial charge in [0.05, 0.1) is 21.8 Å². The largest absolute Gasteiger partial charge is 0.311 e. The summed E-state index contributed by atoms with van der Waals surface area (Å²) in [5.74, 6) is 0. The Kier molecular flexibility index (Phi) is 1.50. The summed E-state index contributed by atoms with van der Waals surface area (Å²) >= 11 is 3.27. The first-order valence-corrected chi connectivity index (χ1v) is 4.01. The number of nitrogens with one attached hydrogen (secondary N) is 1. The maximum absolute atomic E-state index is 4.22. The fourth-order valence-corrected chi connectivity index (χ4v) is 1.64. The predicted octanol–water partition coefficient (Wildman–Crippen LogP) is 0.687. The van der Waals surface area contributed by atoms with Gasteiger partial charge in [-0.05, 0) is 18.5 Å². The third-order valence-electron chi connectivity index (χ3n) is 1.71. The van der Waals surface area contributed by atoms with Crippen molar-refractivity contribution < 1.29 is 0 Å². The second kappa shape index (κ2) is 2.36. The van der Waals surface area contributed by atoms with E-state index in [9.17, 15) is 0 Å². The van der Waals surface area contributed by atoms with Gasteiger partial charge in [-0.15, -0.1) is 0 Å². The highest BCUT2D eigenvalue weighted by Crippen LogP contribution is 2.11. The molecule has 1 aliphatic rings. The molecule has 0 aromatic carbocycles. The quantitative estimate of drug-likeness (QED) is 0.670. The minimum atomic E-state index is 0.911. The van der Waals surface area contributed by atoms with Crippen LogP contribution in [-0.2, 0) is 13.0 Å². The van der Waals surface area contributed by atoms with Gasteiger partial charge in [0.15, 0.2) is 0 Å². The van der Waals surface area contributed by atoms with Gasteiger partial charge in [0, 0.05) is 12.7 Å². The van der Waals surface area contributed by atoms with Crippen molar-refractivity contribution in [3.63, 3.8) is 0 Å². The minimum Gasteiger partial charge on any atom is -0.311 e. The van der Waals surface area contributed by atoms with Crippen molar-refractivity contribution in [1.82, 2.24) is 14.1 Å². The zero-order valence-electron chi connectivity index (χ0n) is 5.47. The molecule has 10 heavy (non-hydrogen) atoms. The third kappa shape index (κ3) is 0.973. The normalized spacial score (nSPS) is 16.9. The molecule has 1 aliphatic heterocycles. The Morgan fingerprint density at radius 2 is 2.60 bits per heavy atom. The topological polar surface area (TPSA) is 29.9 Å². The Morgan fingerprint density at radius 3 is 3.40 bits per heavy atom. The van der Waals surface area contributed by atoms with Crippen molar-refractivity contribution in [2.75, 3.05) is 6.54 Å². The van der Waals surface area contributed by atoms with Crippen LogP contribution in [0.15, 0.2) is 6.20 Å². The average Bonchev–Trinajstić information content (AvgIpc) is 2.27. The van der Waals surface area contributed by atoms with E-state index < -0.39 is 0 Å². The van der Waals surface area contributed by atoms with Crippen molar-refractivity contribution in [1.29, 1.82) is 0 Å². The number of hydrogen-bond donors (Lipinski definition) is 1. The molecule has 0 atom stereocenters. The van der Waals surface area contributed by atoms with Crippen LogP contribution in [0.2, 0.25) is 0 Å². The number of aromatic nitrogens is 2. The van der Waals surface area contributed by atoms with Gasteiger partial charge in [0.2, 0.25) is 0 Å². The lowest BCUT2D eigenvalue weighted by molar-refractivity contribution is 0.632. The summed E-state index contributed by atoms with van der Waals surface area (Å²) in [6.45, 7) is 1.99. The molecular weight excluding hydrogens is 194 g/mol.